The van der Waals surface area contributed by atoms with Gasteiger partial charge in [0.1, 0.15) is 6.04 Å². The van der Waals surface area contributed by atoms with Crippen molar-refractivity contribution in [3.8, 4) is 17.1 Å². The van der Waals surface area contributed by atoms with Crippen molar-refractivity contribution >= 4 is 35.1 Å². The highest BCUT2D eigenvalue weighted by molar-refractivity contribution is 6.33. The molecule has 1 unspecified atom stereocenters. The Kier molecular flexibility index (Phi) is 5.43. The monoisotopic (exact) mass is 439 g/mol. The van der Waals surface area contributed by atoms with Crippen LogP contribution >= 0.6 is 11.6 Å². The van der Waals surface area contributed by atoms with Crippen LogP contribution in [0.4, 0.5) is 11.6 Å². The number of carbonyl (C=O) groups excluding carboxylic acids is 1. The summed E-state index contributed by atoms with van der Waals surface area (Å²) in [5.41, 5.74) is 2.95. The van der Waals surface area contributed by atoms with Crippen LogP contribution in [0.2, 0.25) is 5.02 Å². The second kappa shape index (κ2) is 8.19. The number of carbonyl (C=O) groups is 2. The number of anilines is 2. The molecular weight excluding hydrogens is 422 g/mol. The van der Waals surface area contributed by atoms with Gasteiger partial charge in [0.2, 0.25) is 11.8 Å². The summed E-state index contributed by atoms with van der Waals surface area (Å²) < 4.78 is 5.11. The molecule has 31 heavy (non-hydrogen) atoms. The standard InChI is InChI=1S/C21H18ClN5O4/c1-11(20(29)30)27-10-13-4-3-12(7-15(13)19(27)28)18-16(22)9-24-21(26-18)25-14-5-6-23-17(8-14)31-2/h3-9,11H,10H2,1-2H3,(H,29,30)(H,23,24,25,26). The zero-order valence-corrected chi connectivity index (χ0v) is 17.4. The Morgan fingerprint density at radius 3 is 2.84 bits per heavy atom. The lowest BCUT2D eigenvalue weighted by Crippen LogP contribution is -2.38. The Bertz CT molecular complexity index is 1190. The van der Waals surface area contributed by atoms with E-state index in [1.165, 1.54) is 25.1 Å². The van der Waals surface area contributed by atoms with Gasteiger partial charge in [-0.2, -0.15) is 0 Å². The van der Waals surface area contributed by atoms with Gasteiger partial charge in [-0.05, 0) is 24.6 Å². The van der Waals surface area contributed by atoms with E-state index in [0.29, 0.717) is 39.4 Å². The number of halogens is 1. The SMILES string of the molecule is COc1cc(Nc2ncc(Cl)c(-c3ccc4c(c3)C(=O)N(C(C)C(=O)O)C4)n2)ccn1. The number of nitrogens with one attached hydrogen (secondary N) is 1. The molecule has 4 rings (SSSR count). The van der Waals surface area contributed by atoms with E-state index in [9.17, 15) is 14.7 Å². The van der Waals surface area contributed by atoms with Crippen LogP contribution < -0.4 is 10.1 Å². The molecule has 0 saturated heterocycles. The maximum absolute atomic E-state index is 12.7. The Balaban J connectivity index is 1.65. The molecule has 3 aromatic rings. The van der Waals surface area contributed by atoms with Gasteiger partial charge in [-0.25, -0.2) is 19.7 Å². The number of aliphatic carboxylic acids is 1. The summed E-state index contributed by atoms with van der Waals surface area (Å²) >= 11 is 6.33. The minimum Gasteiger partial charge on any atom is -0.481 e. The number of hydrogen-bond acceptors (Lipinski definition) is 7. The lowest BCUT2D eigenvalue weighted by Gasteiger charge is -2.19. The summed E-state index contributed by atoms with van der Waals surface area (Å²) in [7, 11) is 1.52. The van der Waals surface area contributed by atoms with E-state index in [1.54, 1.807) is 36.5 Å². The number of aromatic nitrogens is 3. The van der Waals surface area contributed by atoms with Gasteiger partial charge in [0, 0.05) is 35.6 Å². The van der Waals surface area contributed by atoms with Crippen molar-refractivity contribution in [2.45, 2.75) is 19.5 Å². The predicted octanol–water partition coefficient (Wildman–Crippen LogP) is 3.37. The quantitative estimate of drug-likeness (QED) is 0.600. The maximum atomic E-state index is 12.7. The summed E-state index contributed by atoms with van der Waals surface area (Å²) in [6.07, 6.45) is 3.06. The molecule has 0 fully saturated rings. The number of nitrogens with zero attached hydrogens (tertiary/aromatic N) is 4. The van der Waals surface area contributed by atoms with Gasteiger partial charge in [-0.15, -0.1) is 0 Å². The molecule has 1 aliphatic heterocycles. The molecule has 0 aliphatic carbocycles. The van der Waals surface area contributed by atoms with Crippen LogP contribution in [0, 0.1) is 0 Å². The fourth-order valence-corrected chi connectivity index (χ4v) is 3.47. The Morgan fingerprint density at radius 2 is 2.10 bits per heavy atom. The van der Waals surface area contributed by atoms with Crippen molar-refractivity contribution in [1.29, 1.82) is 0 Å². The van der Waals surface area contributed by atoms with Gasteiger partial charge in [0.25, 0.3) is 5.91 Å². The molecule has 1 amide bonds. The van der Waals surface area contributed by atoms with Crippen LogP contribution in [0.25, 0.3) is 11.3 Å². The Labute approximate surface area is 182 Å². The van der Waals surface area contributed by atoms with Crippen LogP contribution in [-0.2, 0) is 11.3 Å². The fourth-order valence-electron chi connectivity index (χ4n) is 3.27. The Morgan fingerprint density at radius 1 is 1.29 bits per heavy atom. The van der Waals surface area contributed by atoms with E-state index in [0.717, 1.165) is 5.56 Å². The molecule has 1 aliphatic rings. The molecule has 0 bridgehead atoms. The molecule has 9 nitrogen and oxygen atoms in total. The first-order valence-electron chi connectivity index (χ1n) is 9.34. The third-order valence-corrected chi connectivity index (χ3v) is 5.26. The van der Waals surface area contributed by atoms with Crippen LogP contribution in [0.5, 0.6) is 5.88 Å². The molecule has 1 aromatic carbocycles. The molecule has 3 heterocycles. The number of hydrogen-bond donors (Lipinski definition) is 2. The van der Waals surface area contributed by atoms with Crippen LogP contribution in [0.1, 0.15) is 22.8 Å². The van der Waals surface area contributed by atoms with Gasteiger partial charge in [-0.1, -0.05) is 23.7 Å². The highest BCUT2D eigenvalue weighted by Gasteiger charge is 2.34. The Hall–Kier alpha value is -3.72. The number of benzene rings is 1. The second-order valence-corrected chi connectivity index (χ2v) is 7.33. The maximum Gasteiger partial charge on any atom is 0.326 e. The molecule has 2 N–H and O–H groups in total. The van der Waals surface area contributed by atoms with Crippen molar-refractivity contribution in [1.82, 2.24) is 19.9 Å². The summed E-state index contributed by atoms with van der Waals surface area (Å²) in [6.45, 7) is 1.73. The molecule has 0 saturated carbocycles. The van der Waals surface area contributed by atoms with E-state index < -0.39 is 12.0 Å². The third-order valence-electron chi connectivity index (χ3n) is 4.98. The first kappa shape index (κ1) is 20.5. The second-order valence-electron chi connectivity index (χ2n) is 6.92. The van der Waals surface area contributed by atoms with E-state index in [-0.39, 0.29) is 12.5 Å². The first-order valence-corrected chi connectivity index (χ1v) is 9.72. The number of carboxylic acid groups (broad SMARTS) is 1. The van der Waals surface area contributed by atoms with Crippen molar-refractivity contribution in [3.05, 3.63) is 58.9 Å². The normalized spacial score (nSPS) is 13.6. The largest absolute Gasteiger partial charge is 0.481 e. The number of rotatable bonds is 6. The van der Waals surface area contributed by atoms with Gasteiger partial charge in [-0.3, -0.25) is 4.79 Å². The number of ether oxygens (including phenoxy) is 1. The minimum atomic E-state index is -1.05. The number of methoxy groups -OCH3 is 1. The lowest BCUT2D eigenvalue weighted by atomic mass is 10.0. The highest BCUT2D eigenvalue weighted by Crippen LogP contribution is 2.32. The molecule has 1 atom stereocenters. The number of pyridine rings is 1. The number of amides is 1. The van der Waals surface area contributed by atoms with Gasteiger partial charge >= 0.3 is 5.97 Å². The zero-order valence-electron chi connectivity index (χ0n) is 16.7. The predicted molar refractivity (Wildman–Crippen MR) is 114 cm³/mol. The summed E-state index contributed by atoms with van der Waals surface area (Å²) in [6, 6.07) is 7.79. The number of fused-ring (bicyclic) bond motifs is 1. The van der Waals surface area contributed by atoms with Crippen molar-refractivity contribution in [2.24, 2.45) is 0 Å². The molecular formula is C21H18ClN5O4. The first-order chi connectivity index (χ1) is 14.9. The lowest BCUT2D eigenvalue weighted by molar-refractivity contribution is -0.141. The van der Waals surface area contributed by atoms with E-state index in [2.05, 4.69) is 20.3 Å². The fraction of sp³-hybridized carbons (Fsp3) is 0.190. The molecule has 158 valence electrons. The van der Waals surface area contributed by atoms with Crippen LogP contribution in [0.15, 0.2) is 42.7 Å². The highest BCUT2D eigenvalue weighted by atomic mass is 35.5. The smallest absolute Gasteiger partial charge is 0.326 e. The van der Waals surface area contributed by atoms with E-state index >= 15 is 0 Å². The van der Waals surface area contributed by atoms with Gasteiger partial charge in [0.05, 0.1) is 24.0 Å². The van der Waals surface area contributed by atoms with Crippen molar-refractivity contribution in [3.63, 3.8) is 0 Å². The van der Waals surface area contributed by atoms with E-state index in [1.807, 2.05) is 0 Å². The zero-order chi connectivity index (χ0) is 22.1. The molecule has 2 aromatic heterocycles. The van der Waals surface area contributed by atoms with Crippen LogP contribution in [-0.4, -0.2) is 50.0 Å². The average Bonchev–Trinajstić information content (AvgIpc) is 3.10. The van der Waals surface area contributed by atoms with Crippen molar-refractivity contribution < 1.29 is 19.4 Å². The molecule has 0 radical (unpaired) electrons. The van der Waals surface area contributed by atoms with Crippen LogP contribution in [0.3, 0.4) is 0 Å². The summed E-state index contributed by atoms with van der Waals surface area (Å²) in [5.74, 6) is -0.639. The van der Waals surface area contributed by atoms with Crippen molar-refractivity contribution in [2.75, 3.05) is 12.4 Å². The van der Waals surface area contributed by atoms with Gasteiger partial charge < -0.3 is 20.1 Å². The summed E-state index contributed by atoms with van der Waals surface area (Å²) in [4.78, 5) is 38.1. The number of carboxylic acids is 1. The minimum absolute atomic E-state index is 0.246. The van der Waals surface area contributed by atoms with Gasteiger partial charge in [0.15, 0.2) is 0 Å². The third kappa shape index (κ3) is 3.99. The summed E-state index contributed by atoms with van der Waals surface area (Å²) in [5, 5.41) is 12.6. The topological polar surface area (TPSA) is 118 Å². The van der Waals surface area contributed by atoms with E-state index in [4.69, 9.17) is 16.3 Å². The molecule has 0 spiro atoms. The average molecular weight is 440 g/mol. The molecule has 10 heteroatoms.